The summed E-state index contributed by atoms with van der Waals surface area (Å²) in [6.07, 6.45) is -1.07. The van der Waals surface area contributed by atoms with E-state index in [2.05, 4.69) is 0 Å². The van der Waals surface area contributed by atoms with Gasteiger partial charge in [0.1, 0.15) is 11.3 Å². The monoisotopic (exact) mass is 353 g/mol. The van der Waals surface area contributed by atoms with Crippen molar-refractivity contribution in [2.75, 3.05) is 13.9 Å². The van der Waals surface area contributed by atoms with Crippen molar-refractivity contribution >= 4 is 18.7 Å². The molecule has 135 valence electrons. The van der Waals surface area contributed by atoms with Gasteiger partial charge in [0.15, 0.2) is 6.79 Å². The van der Waals surface area contributed by atoms with Gasteiger partial charge in [-0.3, -0.25) is 0 Å². The van der Waals surface area contributed by atoms with Crippen molar-refractivity contribution in [1.29, 1.82) is 0 Å². The van der Waals surface area contributed by atoms with Gasteiger partial charge in [-0.1, -0.05) is 0 Å². The smallest absolute Gasteiger partial charge is 0.466 e. The molecule has 8 heteroatoms. The van der Waals surface area contributed by atoms with Gasteiger partial charge in [-0.2, -0.15) is 0 Å². The Kier molecular flexibility index (Phi) is 4.79. The van der Waals surface area contributed by atoms with E-state index in [1.54, 1.807) is 6.07 Å². The van der Waals surface area contributed by atoms with Gasteiger partial charge in [-0.05, 0) is 32.9 Å². The van der Waals surface area contributed by atoms with Gasteiger partial charge in [0.2, 0.25) is 0 Å². The Morgan fingerprint density at radius 2 is 2.00 bits per heavy atom. The van der Waals surface area contributed by atoms with Gasteiger partial charge in [0.25, 0.3) is 6.43 Å². The topological polar surface area (TPSA) is 50.1 Å². The number of furan rings is 1. The maximum Gasteiger partial charge on any atom is 0.489 e. The lowest BCUT2D eigenvalue weighted by Gasteiger charge is -2.37. The summed E-state index contributed by atoms with van der Waals surface area (Å²) in [6.45, 7) is 5.46. The predicted octanol–water partition coefficient (Wildman–Crippen LogP) is 4.01. The lowest BCUT2D eigenvalue weighted by molar-refractivity contribution is -0.0106. The van der Waals surface area contributed by atoms with Crippen molar-refractivity contribution in [3.63, 3.8) is 0 Å². The van der Waals surface area contributed by atoms with Crippen molar-refractivity contribution in [3.05, 3.63) is 29.5 Å². The summed E-state index contributed by atoms with van der Waals surface area (Å²) in [5, 5.41) is 0.612. The minimum Gasteiger partial charge on any atom is -0.466 e. The second-order valence-electron chi connectivity index (χ2n) is 6.71. The summed E-state index contributed by atoms with van der Waals surface area (Å²) in [5.41, 5.74) is -0.976. The Morgan fingerprint density at radius 1 is 1.24 bits per heavy atom. The first-order valence-corrected chi connectivity index (χ1v) is 7.89. The summed E-state index contributed by atoms with van der Waals surface area (Å²) in [7, 11) is 2.73. The molecule has 1 radical (unpaired) electrons. The van der Waals surface area contributed by atoms with Crippen molar-refractivity contribution in [2.45, 2.75) is 44.8 Å². The average molecular weight is 353 g/mol. The molecule has 0 spiro atoms. The highest BCUT2D eigenvalue weighted by Crippen LogP contribution is 2.44. The molecule has 1 saturated heterocycles. The van der Waals surface area contributed by atoms with E-state index in [0.717, 1.165) is 0 Å². The van der Waals surface area contributed by atoms with Gasteiger partial charge in [-0.15, -0.1) is 0 Å². The quantitative estimate of drug-likeness (QED) is 0.580. The third-order valence-corrected chi connectivity index (χ3v) is 4.84. The molecule has 25 heavy (non-hydrogen) atoms. The minimum absolute atomic E-state index is 0.0659. The lowest BCUT2D eigenvalue weighted by Crippen LogP contribution is -2.46. The number of hydrogen-bond acceptors (Lipinski definition) is 5. The fourth-order valence-corrected chi connectivity index (χ4v) is 2.91. The number of alkyl halides is 2. The van der Waals surface area contributed by atoms with Crippen LogP contribution in [0, 0.1) is 0 Å². The van der Waals surface area contributed by atoms with Crippen LogP contribution in [0.15, 0.2) is 22.8 Å². The summed E-state index contributed by atoms with van der Waals surface area (Å²) < 4.78 is 54.6. The first-order chi connectivity index (χ1) is 11.8. The van der Waals surface area contributed by atoms with E-state index in [0.29, 0.717) is 22.3 Å². The number of benzene rings is 1. The zero-order valence-electron chi connectivity index (χ0n) is 14.6. The van der Waals surface area contributed by atoms with E-state index in [1.165, 1.54) is 27.1 Å². The summed E-state index contributed by atoms with van der Waals surface area (Å²) in [4.78, 5) is 0. The van der Waals surface area contributed by atoms with Crippen LogP contribution in [0.1, 0.15) is 38.3 Å². The van der Waals surface area contributed by atoms with Crippen LogP contribution in [0.25, 0.3) is 11.0 Å². The number of methoxy groups -OCH3 is 1. The third kappa shape index (κ3) is 3.14. The Hall–Kier alpha value is -1.64. The molecule has 3 rings (SSSR count). The first-order valence-electron chi connectivity index (χ1n) is 7.89. The molecule has 1 aromatic carbocycles. The molecular weight excluding hydrogens is 333 g/mol. The molecular formula is C17H20BF2O5. The van der Waals surface area contributed by atoms with Crippen molar-refractivity contribution in [1.82, 2.24) is 0 Å². The summed E-state index contributed by atoms with van der Waals surface area (Å²) >= 11 is 0. The van der Waals surface area contributed by atoms with E-state index < -0.39 is 17.6 Å². The second-order valence-corrected chi connectivity index (χ2v) is 6.71. The molecule has 0 N–H and O–H groups in total. The van der Waals surface area contributed by atoms with Crippen LogP contribution in [0.5, 0.6) is 5.75 Å². The van der Waals surface area contributed by atoms with Crippen LogP contribution in [0.3, 0.4) is 0 Å². The van der Waals surface area contributed by atoms with Crippen LogP contribution in [0.4, 0.5) is 8.78 Å². The van der Waals surface area contributed by atoms with Crippen molar-refractivity contribution in [3.8, 4) is 5.75 Å². The molecule has 0 bridgehead atoms. The predicted molar refractivity (Wildman–Crippen MR) is 87.8 cm³/mol. The van der Waals surface area contributed by atoms with Crippen LogP contribution >= 0.6 is 0 Å². The Labute approximate surface area is 145 Å². The normalized spacial score (nSPS) is 22.5. The van der Waals surface area contributed by atoms with Crippen LogP contribution in [0.2, 0.25) is 0 Å². The zero-order chi connectivity index (χ0) is 18.2. The molecule has 1 unspecified atom stereocenters. The van der Waals surface area contributed by atoms with Gasteiger partial charge in [0, 0.05) is 24.7 Å². The first kappa shape index (κ1) is 18.2. The average Bonchev–Trinajstić information content (AvgIpc) is 3.10. The van der Waals surface area contributed by atoms with Crippen molar-refractivity contribution in [2.24, 2.45) is 0 Å². The highest BCUT2D eigenvalue weighted by molar-refractivity contribution is 6.19. The van der Waals surface area contributed by atoms with Crippen LogP contribution in [-0.4, -0.2) is 32.8 Å². The van der Waals surface area contributed by atoms with Crippen LogP contribution in [-0.2, 0) is 20.5 Å². The lowest BCUT2D eigenvalue weighted by atomic mass is 9.81. The van der Waals surface area contributed by atoms with Gasteiger partial charge < -0.3 is 23.2 Å². The van der Waals surface area contributed by atoms with Crippen LogP contribution < -0.4 is 4.74 Å². The molecule has 1 atom stereocenters. The van der Waals surface area contributed by atoms with Gasteiger partial charge in [-0.25, -0.2) is 8.78 Å². The van der Waals surface area contributed by atoms with E-state index in [4.69, 9.17) is 23.2 Å². The number of hydrogen-bond donors (Lipinski definition) is 0. The standard InChI is InChI=1S/C17H20BF2O5/c1-16(2)17(3,25-18-24-16)8-12-11(15(19)20)7-13-10(5-6-22-13)14(12)23-9-21-4/h5-7,15H,8-9H2,1-4H3. The molecule has 0 saturated carbocycles. The molecule has 0 aliphatic carbocycles. The van der Waals surface area contributed by atoms with E-state index >= 15 is 0 Å². The molecule has 1 fully saturated rings. The number of ether oxygens (including phenoxy) is 2. The fraction of sp³-hybridized carbons (Fsp3) is 0.529. The van der Waals surface area contributed by atoms with E-state index in [1.807, 2.05) is 20.8 Å². The number of rotatable bonds is 6. The van der Waals surface area contributed by atoms with E-state index in [9.17, 15) is 8.78 Å². The highest BCUT2D eigenvalue weighted by atomic mass is 19.3. The Morgan fingerprint density at radius 3 is 2.60 bits per heavy atom. The van der Waals surface area contributed by atoms with Crippen molar-refractivity contribution < 1.29 is 32.0 Å². The highest BCUT2D eigenvalue weighted by Gasteiger charge is 2.49. The van der Waals surface area contributed by atoms with Gasteiger partial charge >= 0.3 is 7.69 Å². The number of fused-ring (bicyclic) bond motifs is 1. The fourth-order valence-electron chi connectivity index (χ4n) is 2.91. The summed E-state index contributed by atoms with van der Waals surface area (Å²) in [5.74, 6) is 0.316. The largest absolute Gasteiger partial charge is 0.489 e. The molecule has 2 aromatic rings. The Balaban J connectivity index is 2.15. The summed E-state index contributed by atoms with van der Waals surface area (Å²) in [6, 6.07) is 3.04. The van der Waals surface area contributed by atoms with Gasteiger partial charge in [0.05, 0.1) is 22.9 Å². The molecule has 2 heterocycles. The Bertz CT molecular complexity index is 761. The third-order valence-electron chi connectivity index (χ3n) is 4.84. The molecule has 1 aromatic heterocycles. The van der Waals surface area contributed by atoms with E-state index in [-0.39, 0.29) is 18.8 Å². The molecule has 5 nitrogen and oxygen atoms in total. The molecule has 1 aliphatic heterocycles. The zero-order valence-corrected chi connectivity index (χ0v) is 14.6. The molecule has 1 aliphatic rings. The SMILES string of the molecule is COCOc1c(CC2(C)O[B]OC2(C)C)c(C(F)F)cc2occc12. The second kappa shape index (κ2) is 6.59. The number of halogens is 2. The minimum atomic E-state index is -2.69. The maximum atomic E-state index is 13.7. The maximum absolute atomic E-state index is 13.7. The molecule has 0 amide bonds.